The largest absolute Gasteiger partial charge is 0.0746 e. The summed E-state index contributed by atoms with van der Waals surface area (Å²) in [5.41, 5.74) is 5.49. The zero-order chi connectivity index (χ0) is 23.8. The van der Waals surface area contributed by atoms with Crippen LogP contribution in [0, 0.1) is 0 Å². The van der Waals surface area contributed by atoms with E-state index in [9.17, 15) is 0 Å². The molecule has 0 amide bonds. The molecule has 0 unspecified atom stereocenters. The van der Waals surface area contributed by atoms with Crippen molar-refractivity contribution in [2.24, 2.45) is 0 Å². The van der Waals surface area contributed by atoms with Crippen molar-refractivity contribution in [3.05, 3.63) is 54.1 Å². The zero-order valence-electron chi connectivity index (χ0n) is 22.5. The van der Waals surface area contributed by atoms with Gasteiger partial charge in [0.2, 0.25) is 0 Å². The molecule has 3 rings (SSSR count). The van der Waals surface area contributed by atoms with Crippen LogP contribution in [0.3, 0.4) is 0 Å². The molecule has 1 saturated carbocycles. The third-order valence-corrected chi connectivity index (χ3v) is 15.3. The molecule has 2 aromatic carbocycles. The Morgan fingerprint density at radius 3 is 1.85 bits per heavy atom. The average Bonchev–Trinajstić information content (AvgIpc) is 2.90. The average molecular weight is 509 g/mol. The number of unbranched alkanes of at least 4 members (excludes halogenated alkanes) is 7. The first-order valence-corrected chi connectivity index (χ1v) is 20.9. The molecular weight excluding hydrogens is 457 g/mol. The van der Waals surface area contributed by atoms with Gasteiger partial charge >= 0.3 is 0 Å². The van der Waals surface area contributed by atoms with E-state index in [1.807, 2.05) is 0 Å². The lowest BCUT2D eigenvalue weighted by Crippen LogP contribution is -2.13. The molecule has 0 aromatic heterocycles. The standard InChI is InChI=1S/C31H52Si3/c1-3-4-5-6-7-8-9-10-23-33-24-25-34-31-21-17-29(18-22-31)27-13-11-26(12-14-27)28-15-19-30(32-2)20-16-28/h11-14,17-18,21-22,28,30H,3-10,15-16,19-20,23-25,32-34H2,1-2H3. The van der Waals surface area contributed by atoms with Crippen LogP contribution in [0.25, 0.3) is 11.1 Å². The normalized spacial score (nSPS) is 19.4. The molecule has 1 aliphatic rings. The molecule has 1 fully saturated rings. The summed E-state index contributed by atoms with van der Waals surface area (Å²) in [6, 6.07) is 24.0. The van der Waals surface area contributed by atoms with Crippen LogP contribution in [0.1, 0.15) is 95.5 Å². The van der Waals surface area contributed by atoms with Crippen LogP contribution >= 0.6 is 0 Å². The second kappa shape index (κ2) is 16.7. The summed E-state index contributed by atoms with van der Waals surface area (Å²) < 4.78 is 0. The van der Waals surface area contributed by atoms with Gasteiger partial charge in [-0.3, -0.25) is 0 Å². The van der Waals surface area contributed by atoms with E-state index < -0.39 is 0 Å². The molecule has 0 radical (unpaired) electrons. The molecule has 1 aliphatic carbocycles. The van der Waals surface area contributed by atoms with Gasteiger partial charge in [0.05, 0.1) is 9.52 Å². The first-order valence-electron chi connectivity index (χ1n) is 15.0. The fourth-order valence-electron chi connectivity index (χ4n) is 5.89. The maximum atomic E-state index is 2.49. The Morgan fingerprint density at radius 1 is 0.647 bits per heavy atom. The Labute approximate surface area is 218 Å². The van der Waals surface area contributed by atoms with Gasteiger partial charge in [-0.05, 0) is 35.4 Å². The summed E-state index contributed by atoms with van der Waals surface area (Å²) >= 11 is 0. The molecule has 0 saturated heterocycles. The quantitative estimate of drug-likeness (QED) is 0.164. The lowest BCUT2D eigenvalue weighted by atomic mass is 9.83. The van der Waals surface area contributed by atoms with E-state index in [0.717, 1.165) is 11.5 Å². The number of hydrogen-bond donors (Lipinski definition) is 0. The van der Waals surface area contributed by atoms with Crippen LogP contribution in [-0.2, 0) is 0 Å². The molecule has 0 spiro atoms. The molecular formula is C31H52Si3. The number of benzene rings is 2. The third-order valence-electron chi connectivity index (χ3n) is 8.41. The van der Waals surface area contributed by atoms with Crippen molar-refractivity contribution in [3.63, 3.8) is 0 Å². The summed E-state index contributed by atoms with van der Waals surface area (Å²) in [4.78, 5) is 0. The summed E-state index contributed by atoms with van der Waals surface area (Å²) in [7, 11) is 0.375. The first-order chi connectivity index (χ1) is 16.8. The van der Waals surface area contributed by atoms with Gasteiger partial charge in [-0.1, -0.05) is 155 Å². The smallest absolute Gasteiger partial charge is 0.0544 e. The molecule has 0 heterocycles. The minimum Gasteiger partial charge on any atom is -0.0746 e. The van der Waals surface area contributed by atoms with Gasteiger partial charge in [-0.15, -0.1) is 0 Å². The van der Waals surface area contributed by atoms with Crippen LogP contribution in [0.2, 0.25) is 30.2 Å². The molecule has 188 valence electrons. The van der Waals surface area contributed by atoms with Crippen LogP contribution in [-0.4, -0.2) is 28.6 Å². The van der Waals surface area contributed by atoms with E-state index in [1.165, 1.54) is 88.2 Å². The van der Waals surface area contributed by atoms with Crippen molar-refractivity contribution in [2.45, 2.75) is 120 Å². The Hall–Kier alpha value is -0.909. The van der Waals surface area contributed by atoms with Gasteiger partial charge in [0.1, 0.15) is 0 Å². The van der Waals surface area contributed by atoms with Crippen molar-refractivity contribution in [1.29, 1.82) is 0 Å². The van der Waals surface area contributed by atoms with Gasteiger partial charge in [-0.2, -0.15) is 0 Å². The van der Waals surface area contributed by atoms with E-state index >= 15 is 0 Å². The van der Waals surface area contributed by atoms with Crippen LogP contribution in [0.5, 0.6) is 0 Å². The van der Waals surface area contributed by atoms with Crippen molar-refractivity contribution in [3.8, 4) is 11.1 Å². The highest BCUT2D eigenvalue weighted by atomic mass is 28.2. The van der Waals surface area contributed by atoms with Gasteiger partial charge < -0.3 is 0 Å². The Morgan fingerprint density at radius 2 is 1.24 bits per heavy atom. The number of hydrogen-bond acceptors (Lipinski definition) is 0. The lowest BCUT2D eigenvalue weighted by Gasteiger charge is -2.28. The Balaban J connectivity index is 1.28. The SMILES string of the molecule is CCCCCCCCCC[SiH2]CC[SiH2]c1ccc(-c2ccc(C3CCC([SiH2]C)CC3)cc2)cc1. The van der Waals surface area contributed by atoms with Crippen molar-refractivity contribution in [1.82, 2.24) is 0 Å². The highest BCUT2D eigenvalue weighted by molar-refractivity contribution is 6.55. The fraction of sp³-hybridized carbons (Fsp3) is 0.613. The third kappa shape index (κ3) is 9.99. The van der Waals surface area contributed by atoms with Crippen LogP contribution in [0.15, 0.2) is 48.5 Å². The zero-order valence-corrected chi connectivity index (χ0v) is 26.7. The van der Waals surface area contributed by atoms with Crippen molar-refractivity contribution >= 4 is 33.7 Å². The summed E-state index contributed by atoms with van der Waals surface area (Å²) in [6.07, 6.45) is 17.6. The second-order valence-electron chi connectivity index (χ2n) is 11.1. The maximum Gasteiger partial charge on any atom is 0.0544 e. The minimum absolute atomic E-state index is 0.0522. The summed E-state index contributed by atoms with van der Waals surface area (Å²) in [6.45, 7) is 4.80. The Bertz CT molecular complexity index is 760. The fourth-order valence-corrected chi connectivity index (χ4v) is 11.6. The van der Waals surface area contributed by atoms with E-state index in [0.29, 0.717) is 0 Å². The van der Waals surface area contributed by atoms with E-state index in [1.54, 1.807) is 28.9 Å². The molecule has 0 nitrogen and oxygen atoms in total. The highest BCUT2D eigenvalue weighted by Crippen LogP contribution is 2.38. The molecule has 0 bridgehead atoms. The number of rotatable bonds is 16. The monoisotopic (exact) mass is 508 g/mol. The van der Waals surface area contributed by atoms with Gasteiger partial charge in [0.25, 0.3) is 0 Å². The summed E-state index contributed by atoms with van der Waals surface area (Å²) in [5, 5.41) is 1.66. The van der Waals surface area contributed by atoms with Gasteiger partial charge in [0, 0.05) is 19.0 Å². The van der Waals surface area contributed by atoms with E-state index in [-0.39, 0.29) is 28.6 Å². The molecule has 34 heavy (non-hydrogen) atoms. The predicted molar refractivity (Wildman–Crippen MR) is 165 cm³/mol. The van der Waals surface area contributed by atoms with E-state index in [4.69, 9.17) is 0 Å². The maximum absolute atomic E-state index is 2.49. The van der Waals surface area contributed by atoms with Crippen LogP contribution in [0.4, 0.5) is 0 Å². The first kappa shape index (κ1) is 27.7. The van der Waals surface area contributed by atoms with E-state index in [2.05, 4.69) is 62.0 Å². The van der Waals surface area contributed by atoms with Gasteiger partial charge in [-0.25, -0.2) is 0 Å². The molecule has 3 heteroatoms. The predicted octanol–water partition coefficient (Wildman–Crippen LogP) is 7.38. The Kier molecular flexibility index (Phi) is 13.6. The second-order valence-corrected chi connectivity index (χ2v) is 17.2. The highest BCUT2D eigenvalue weighted by Gasteiger charge is 2.21. The lowest BCUT2D eigenvalue weighted by molar-refractivity contribution is 0.441. The molecule has 2 aromatic rings. The van der Waals surface area contributed by atoms with Gasteiger partial charge in [0.15, 0.2) is 0 Å². The summed E-state index contributed by atoms with van der Waals surface area (Å²) in [5.74, 6) is 0.818. The molecule has 0 N–H and O–H groups in total. The molecule has 0 atom stereocenters. The topological polar surface area (TPSA) is 0 Å². The molecule has 0 aliphatic heterocycles. The van der Waals surface area contributed by atoms with Crippen molar-refractivity contribution in [2.75, 3.05) is 0 Å². The minimum atomic E-state index is -0.0522. The van der Waals surface area contributed by atoms with Crippen LogP contribution < -0.4 is 5.19 Å². The van der Waals surface area contributed by atoms with Crippen molar-refractivity contribution < 1.29 is 0 Å².